The van der Waals surface area contributed by atoms with Gasteiger partial charge in [0.1, 0.15) is 11.6 Å². The normalized spacial score (nSPS) is 23.2. The molecule has 1 amide bonds. The number of carbonyl (C=O) groups excluding carboxylic acids is 1. The van der Waals surface area contributed by atoms with Crippen molar-refractivity contribution in [2.45, 2.75) is 26.0 Å². The third-order valence-electron chi connectivity index (χ3n) is 3.10. The molecule has 0 N–H and O–H groups in total. The maximum atomic E-state index is 12.7. The molecule has 2 atom stereocenters. The van der Waals surface area contributed by atoms with Crippen LogP contribution in [0, 0.1) is 5.82 Å². The zero-order chi connectivity index (χ0) is 13.8. The molecule has 0 aliphatic carbocycles. The molecule has 1 aliphatic rings. The van der Waals surface area contributed by atoms with E-state index in [9.17, 15) is 9.18 Å². The first-order chi connectivity index (χ1) is 9.06. The van der Waals surface area contributed by atoms with Crippen LogP contribution in [0.5, 0.6) is 5.75 Å². The summed E-state index contributed by atoms with van der Waals surface area (Å²) in [6, 6.07) is 5.68. The summed E-state index contributed by atoms with van der Waals surface area (Å²) in [5, 5.41) is 0. The zero-order valence-electron chi connectivity index (χ0n) is 11.1. The number of benzene rings is 1. The number of ether oxygens (including phenoxy) is 2. The minimum atomic E-state index is -0.325. The summed E-state index contributed by atoms with van der Waals surface area (Å²) in [5.74, 6) is 0.0880. The summed E-state index contributed by atoms with van der Waals surface area (Å²) in [4.78, 5) is 13.8. The van der Waals surface area contributed by atoms with E-state index in [0.29, 0.717) is 18.9 Å². The molecule has 0 saturated carbocycles. The van der Waals surface area contributed by atoms with E-state index >= 15 is 0 Å². The van der Waals surface area contributed by atoms with Gasteiger partial charge in [-0.3, -0.25) is 4.79 Å². The molecule has 2 unspecified atom stereocenters. The number of hydrogen-bond acceptors (Lipinski definition) is 3. The van der Waals surface area contributed by atoms with Crippen molar-refractivity contribution < 1.29 is 18.7 Å². The minimum Gasteiger partial charge on any atom is -0.484 e. The SMILES string of the molecule is CC1CN(C(=O)COc2ccc(F)cc2)C(C)CO1. The molecule has 5 heteroatoms. The topological polar surface area (TPSA) is 38.8 Å². The lowest BCUT2D eigenvalue weighted by atomic mass is 10.2. The van der Waals surface area contributed by atoms with Gasteiger partial charge in [-0.25, -0.2) is 4.39 Å². The van der Waals surface area contributed by atoms with Gasteiger partial charge < -0.3 is 14.4 Å². The molecule has 4 nitrogen and oxygen atoms in total. The van der Waals surface area contributed by atoms with Crippen molar-refractivity contribution in [2.24, 2.45) is 0 Å². The third kappa shape index (κ3) is 3.67. The second-order valence-electron chi connectivity index (χ2n) is 4.78. The van der Waals surface area contributed by atoms with E-state index in [2.05, 4.69) is 0 Å². The molecule has 1 aromatic carbocycles. The van der Waals surface area contributed by atoms with Crippen LogP contribution in [0.25, 0.3) is 0 Å². The molecule has 1 aromatic rings. The van der Waals surface area contributed by atoms with E-state index in [1.165, 1.54) is 24.3 Å². The van der Waals surface area contributed by atoms with Gasteiger partial charge in [0, 0.05) is 6.54 Å². The highest BCUT2D eigenvalue weighted by Gasteiger charge is 2.27. The van der Waals surface area contributed by atoms with E-state index in [4.69, 9.17) is 9.47 Å². The Hall–Kier alpha value is -1.62. The van der Waals surface area contributed by atoms with Gasteiger partial charge in [-0.2, -0.15) is 0 Å². The Morgan fingerprint density at radius 1 is 1.42 bits per heavy atom. The van der Waals surface area contributed by atoms with E-state index in [1.807, 2.05) is 13.8 Å². The second-order valence-corrected chi connectivity index (χ2v) is 4.78. The van der Waals surface area contributed by atoms with E-state index in [-0.39, 0.29) is 30.5 Å². The van der Waals surface area contributed by atoms with Crippen molar-refractivity contribution in [1.29, 1.82) is 0 Å². The number of halogens is 1. The van der Waals surface area contributed by atoms with Gasteiger partial charge in [0.2, 0.25) is 0 Å². The van der Waals surface area contributed by atoms with Crippen LogP contribution in [0.1, 0.15) is 13.8 Å². The van der Waals surface area contributed by atoms with Crippen LogP contribution < -0.4 is 4.74 Å². The van der Waals surface area contributed by atoms with Crippen molar-refractivity contribution in [3.05, 3.63) is 30.1 Å². The Kier molecular flexibility index (Phi) is 4.37. The molecule has 2 rings (SSSR count). The molecule has 1 heterocycles. The summed E-state index contributed by atoms with van der Waals surface area (Å²) in [5.41, 5.74) is 0. The Labute approximate surface area is 112 Å². The summed E-state index contributed by atoms with van der Waals surface area (Å²) < 4.78 is 23.6. The first kappa shape index (κ1) is 13.8. The highest BCUT2D eigenvalue weighted by molar-refractivity contribution is 5.78. The molecular formula is C14H18FNO3. The number of rotatable bonds is 3. The van der Waals surface area contributed by atoms with Crippen LogP contribution in [0.4, 0.5) is 4.39 Å². The predicted molar refractivity (Wildman–Crippen MR) is 68.5 cm³/mol. The molecule has 19 heavy (non-hydrogen) atoms. The van der Waals surface area contributed by atoms with Crippen LogP contribution in [-0.2, 0) is 9.53 Å². The van der Waals surface area contributed by atoms with Gasteiger partial charge in [-0.1, -0.05) is 0 Å². The lowest BCUT2D eigenvalue weighted by Crippen LogP contribution is -2.51. The van der Waals surface area contributed by atoms with Crippen LogP contribution in [0.15, 0.2) is 24.3 Å². The Morgan fingerprint density at radius 2 is 2.11 bits per heavy atom. The molecule has 0 radical (unpaired) electrons. The average Bonchev–Trinajstić information content (AvgIpc) is 2.40. The molecule has 1 fully saturated rings. The van der Waals surface area contributed by atoms with Crippen molar-refractivity contribution in [3.63, 3.8) is 0 Å². The van der Waals surface area contributed by atoms with Crippen molar-refractivity contribution in [2.75, 3.05) is 19.8 Å². The fraction of sp³-hybridized carbons (Fsp3) is 0.500. The fourth-order valence-electron chi connectivity index (χ4n) is 2.01. The van der Waals surface area contributed by atoms with Gasteiger partial charge >= 0.3 is 0 Å². The highest BCUT2D eigenvalue weighted by Crippen LogP contribution is 2.14. The van der Waals surface area contributed by atoms with Crippen LogP contribution in [0.3, 0.4) is 0 Å². The fourth-order valence-corrected chi connectivity index (χ4v) is 2.01. The van der Waals surface area contributed by atoms with Gasteiger partial charge in [0.05, 0.1) is 18.8 Å². The Bertz CT molecular complexity index is 435. The van der Waals surface area contributed by atoms with Crippen molar-refractivity contribution >= 4 is 5.91 Å². The molecule has 0 bridgehead atoms. The first-order valence-electron chi connectivity index (χ1n) is 6.35. The van der Waals surface area contributed by atoms with Gasteiger partial charge in [-0.15, -0.1) is 0 Å². The molecule has 0 aromatic heterocycles. The number of morpholine rings is 1. The second kappa shape index (κ2) is 6.02. The van der Waals surface area contributed by atoms with Gasteiger partial charge in [0.25, 0.3) is 5.91 Å². The Morgan fingerprint density at radius 3 is 2.79 bits per heavy atom. The number of amides is 1. The van der Waals surface area contributed by atoms with E-state index in [0.717, 1.165) is 0 Å². The summed E-state index contributed by atoms with van der Waals surface area (Å²) in [6.07, 6.45) is 0.0472. The average molecular weight is 267 g/mol. The minimum absolute atomic E-state index is 0.0390. The monoisotopic (exact) mass is 267 g/mol. The maximum absolute atomic E-state index is 12.7. The van der Waals surface area contributed by atoms with Crippen molar-refractivity contribution in [3.8, 4) is 5.75 Å². The van der Waals surface area contributed by atoms with Crippen molar-refractivity contribution in [1.82, 2.24) is 4.90 Å². The molecule has 104 valence electrons. The summed E-state index contributed by atoms with van der Waals surface area (Å²) in [6.45, 7) is 4.97. The highest BCUT2D eigenvalue weighted by atomic mass is 19.1. The molecule has 1 aliphatic heterocycles. The molecule has 1 saturated heterocycles. The zero-order valence-corrected chi connectivity index (χ0v) is 11.1. The van der Waals surface area contributed by atoms with Crippen LogP contribution >= 0.6 is 0 Å². The summed E-state index contributed by atoms with van der Waals surface area (Å²) in [7, 11) is 0. The first-order valence-corrected chi connectivity index (χ1v) is 6.35. The Balaban J connectivity index is 1.88. The smallest absolute Gasteiger partial charge is 0.260 e. The molecular weight excluding hydrogens is 249 g/mol. The lowest BCUT2D eigenvalue weighted by molar-refractivity contribution is -0.145. The third-order valence-corrected chi connectivity index (χ3v) is 3.10. The van der Waals surface area contributed by atoms with E-state index in [1.54, 1.807) is 4.90 Å². The standard InChI is InChI=1S/C14H18FNO3/c1-10-8-18-11(2)7-16(10)14(17)9-19-13-5-3-12(15)4-6-13/h3-6,10-11H,7-9H2,1-2H3. The molecule has 0 spiro atoms. The van der Waals surface area contributed by atoms with Gasteiger partial charge in [0.15, 0.2) is 6.61 Å². The quantitative estimate of drug-likeness (QED) is 0.839. The number of hydrogen-bond donors (Lipinski definition) is 0. The van der Waals surface area contributed by atoms with Gasteiger partial charge in [-0.05, 0) is 38.1 Å². The maximum Gasteiger partial charge on any atom is 0.260 e. The largest absolute Gasteiger partial charge is 0.484 e. The predicted octanol–water partition coefficient (Wildman–Crippen LogP) is 1.84. The number of nitrogens with zero attached hydrogens (tertiary/aromatic N) is 1. The number of carbonyl (C=O) groups is 1. The summed E-state index contributed by atoms with van der Waals surface area (Å²) >= 11 is 0. The van der Waals surface area contributed by atoms with E-state index < -0.39 is 0 Å². The van der Waals surface area contributed by atoms with Crippen LogP contribution in [0.2, 0.25) is 0 Å². The van der Waals surface area contributed by atoms with Crippen LogP contribution in [-0.4, -0.2) is 42.7 Å². The lowest BCUT2D eigenvalue weighted by Gasteiger charge is -2.36.